The van der Waals surface area contributed by atoms with E-state index in [1.54, 1.807) is 11.9 Å². The maximum absolute atomic E-state index is 13.2. The van der Waals surface area contributed by atoms with E-state index in [9.17, 15) is 9.59 Å². The number of para-hydroxylation sites is 1. The number of piperazine rings is 1. The van der Waals surface area contributed by atoms with Crippen LogP contribution in [0.1, 0.15) is 22.9 Å². The van der Waals surface area contributed by atoms with Gasteiger partial charge in [-0.2, -0.15) is 0 Å². The summed E-state index contributed by atoms with van der Waals surface area (Å²) in [6.45, 7) is 0.285. The molecule has 1 saturated heterocycles. The van der Waals surface area contributed by atoms with Crippen molar-refractivity contribution in [2.45, 2.75) is 18.5 Å². The first-order valence-electron chi connectivity index (χ1n) is 10.1. The number of fused-ring (bicyclic) bond motifs is 5. The van der Waals surface area contributed by atoms with Gasteiger partial charge in [0.25, 0.3) is 0 Å². The molecular weight excluding hydrogens is 382 g/mol. The van der Waals surface area contributed by atoms with Crippen molar-refractivity contribution < 1.29 is 19.1 Å². The Labute approximate surface area is 173 Å². The second-order valence-corrected chi connectivity index (χ2v) is 8.17. The van der Waals surface area contributed by atoms with Crippen molar-refractivity contribution in [3.05, 3.63) is 59.3 Å². The Hall–Kier alpha value is -3.48. The fourth-order valence-electron chi connectivity index (χ4n) is 5.20. The summed E-state index contributed by atoms with van der Waals surface area (Å²) in [5.41, 5.74) is 4.20. The summed E-state index contributed by atoms with van der Waals surface area (Å²) in [6.07, 6.45) is 0.520. The van der Waals surface area contributed by atoms with Crippen molar-refractivity contribution in [3.8, 4) is 11.5 Å². The minimum Gasteiger partial charge on any atom is -0.454 e. The summed E-state index contributed by atoms with van der Waals surface area (Å²) in [7, 11) is 3.73. The lowest BCUT2D eigenvalue weighted by Gasteiger charge is -2.46. The van der Waals surface area contributed by atoms with E-state index in [1.807, 2.05) is 37.4 Å². The van der Waals surface area contributed by atoms with E-state index in [0.717, 1.165) is 27.7 Å². The average molecular weight is 403 g/mol. The molecule has 4 heterocycles. The zero-order valence-corrected chi connectivity index (χ0v) is 16.8. The zero-order valence-electron chi connectivity index (χ0n) is 16.8. The molecule has 3 aliphatic rings. The van der Waals surface area contributed by atoms with Crippen LogP contribution in [0.25, 0.3) is 10.9 Å². The number of rotatable bonds is 1. The summed E-state index contributed by atoms with van der Waals surface area (Å²) in [6, 6.07) is 13.1. The highest BCUT2D eigenvalue weighted by Crippen LogP contribution is 2.45. The second kappa shape index (κ2) is 6.01. The van der Waals surface area contributed by atoms with E-state index in [4.69, 9.17) is 9.47 Å². The topological polar surface area (TPSA) is 64.0 Å². The second-order valence-electron chi connectivity index (χ2n) is 8.17. The van der Waals surface area contributed by atoms with E-state index in [1.165, 1.54) is 4.90 Å². The Balaban J connectivity index is 1.63. The number of ether oxygens (including phenoxy) is 2. The third-order valence-corrected chi connectivity index (χ3v) is 6.57. The number of amides is 2. The average Bonchev–Trinajstić information content (AvgIpc) is 3.33. The molecule has 152 valence electrons. The number of hydrogen-bond donors (Lipinski definition) is 0. The van der Waals surface area contributed by atoms with Gasteiger partial charge >= 0.3 is 0 Å². The summed E-state index contributed by atoms with van der Waals surface area (Å²) in [4.78, 5) is 29.6. The summed E-state index contributed by atoms with van der Waals surface area (Å²) in [5, 5.41) is 1.13. The molecule has 0 saturated carbocycles. The van der Waals surface area contributed by atoms with Crippen LogP contribution in [0.3, 0.4) is 0 Å². The third kappa shape index (κ3) is 2.20. The lowest BCUT2D eigenvalue weighted by Crippen LogP contribution is -2.62. The fraction of sp³-hybridized carbons (Fsp3) is 0.304. The molecule has 6 rings (SSSR count). The summed E-state index contributed by atoms with van der Waals surface area (Å²) < 4.78 is 13.2. The predicted molar refractivity (Wildman–Crippen MR) is 109 cm³/mol. The Morgan fingerprint density at radius 3 is 2.67 bits per heavy atom. The van der Waals surface area contributed by atoms with Crippen molar-refractivity contribution in [2.75, 3.05) is 20.4 Å². The molecule has 3 aliphatic heterocycles. The monoisotopic (exact) mass is 403 g/mol. The highest BCUT2D eigenvalue weighted by atomic mass is 16.7. The molecule has 2 aromatic carbocycles. The molecule has 0 unspecified atom stereocenters. The van der Waals surface area contributed by atoms with E-state index in [-0.39, 0.29) is 31.2 Å². The Morgan fingerprint density at radius 1 is 1.00 bits per heavy atom. The Kier molecular flexibility index (Phi) is 3.48. The predicted octanol–water partition coefficient (Wildman–Crippen LogP) is 2.22. The van der Waals surface area contributed by atoms with Crippen LogP contribution in [0.2, 0.25) is 0 Å². The summed E-state index contributed by atoms with van der Waals surface area (Å²) >= 11 is 0. The van der Waals surface area contributed by atoms with Gasteiger partial charge in [0.15, 0.2) is 11.5 Å². The van der Waals surface area contributed by atoms with Gasteiger partial charge in [0.05, 0.1) is 12.6 Å². The van der Waals surface area contributed by atoms with Gasteiger partial charge < -0.3 is 23.8 Å². The van der Waals surface area contributed by atoms with Gasteiger partial charge in [0.1, 0.15) is 6.04 Å². The molecule has 0 bridgehead atoms. The van der Waals surface area contributed by atoms with Gasteiger partial charge in [-0.1, -0.05) is 24.3 Å². The fourth-order valence-corrected chi connectivity index (χ4v) is 5.20. The SMILES string of the molecule is CN1CC(=O)N2[C@H](c3ccc4c(c3)OCO4)c3c(c4ccccc4n3C)C[C@@H]2C1=O. The standard InChI is InChI=1S/C23H21N3O4/c1-24-11-20(27)26-17(23(24)28)10-15-14-5-3-4-6-16(14)25(2)22(15)21(26)13-7-8-18-19(9-13)30-12-29-18/h3-9,17,21H,10-12H2,1-2H3/t17-,21-/m1/s1. The van der Waals surface area contributed by atoms with E-state index in [0.29, 0.717) is 17.9 Å². The van der Waals surface area contributed by atoms with Gasteiger partial charge in [-0.25, -0.2) is 0 Å². The van der Waals surface area contributed by atoms with Gasteiger partial charge in [0.2, 0.25) is 18.6 Å². The van der Waals surface area contributed by atoms with Crippen LogP contribution in [0, 0.1) is 0 Å². The third-order valence-electron chi connectivity index (χ3n) is 6.57. The number of nitrogens with zero attached hydrogens (tertiary/aromatic N) is 3. The maximum atomic E-state index is 13.2. The highest BCUT2D eigenvalue weighted by Gasteiger charge is 2.48. The summed E-state index contributed by atoms with van der Waals surface area (Å²) in [5.74, 6) is 1.31. The normalized spacial score (nSPS) is 22.5. The smallest absolute Gasteiger partial charge is 0.245 e. The van der Waals surface area contributed by atoms with Crippen molar-refractivity contribution in [1.29, 1.82) is 0 Å². The largest absolute Gasteiger partial charge is 0.454 e. The lowest BCUT2D eigenvalue weighted by molar-refractivity contribution is -0.157. The number of carbonyl (C=O) groups is 2. The minimum absolute atomic E-state index is 0.0149. The molecule has 2 amide bonds. The maximum Gasteiger partial charge on any atom is 0.245 e. The first kappa shape index (κ1) is 17.4. The van der Waals surface area contributed by atoms with E-state index < -0.39 is 6.04 Å². The van der Waals surface area contributed by atoms with Crippen LogP contribution in [0.15, 0.2) is 42.5 Å². The minimum atomic E-state index is -0.509. The Bertz CT molecular complexity index is 1230. The van der Waals surface area contributed by atoms with Crippen LogP contribution in [-0.4, -0.2) is 52.6 Å². The number of carbonyl (C=O) groups excluding carboxylic acids is 2. The molecule has 0 spiro atoms. The van der Waals surface area contributed by atoms with Gasteiger partial charge in [-0.05, 0) is 29.3 Å². The number of aryl methyl sites for hydroxylation is 1. The van der Waals surface area contributed by atoms with Crippen LogP contribution in [0.5, 0.6) is 11.5 Å². The van der Waals surface area contributed by atoms with Gasteiger partial charge in [0, 0.05) is 37.1 Å². The van der Waals surface area contributed by atoms with Gasteiger partial charge in [-0.15, -0.1) is 0 Å². The Morgan fingerprint density at radius 2 is 1.80 bits per heavy atom. The number of likely N-dealkylation sites (N-methyl/N-ethyl adjacent to an activating group) is 1. The van der Waals surface area contributed by atoms with Crippen molar-refractivity contribution in [1.82, 2.24) is 14.4 Å². The van der Waals surface area contributed by atoms with Crippen molar-refractivity contribution >= 4 is 22.7 Å². The molecule has 2 atom stereocenters. The molecule has 1 aromatic heterocycles. The lowest BCUT2D eigenvalue weighted by atomic mass is 9.86. The molecule has 0 N–H and O–H groups in total. The van der Waals surface area contributed by atoms with Crippen molar-refractivity contribution in [3.63, 3.8) is 0 Å². The first-order chi connectivity index (χ1) is 14.5. The molecule has 0 radical (unpaired) electrons. The van der Waals surface area contributed by atoms with Crippen molar-refractivity contribution in [2.24, 2.45) is 7.05 Å². The van der Waals surface area contributed by atoms with Crippen LogP contribution < -0.4 is 9.47 Å². The molecule has 7 heteroatoms. The van der Waals surface area contributed by atoms with Gasteiger partial charge in [-0.3, -0.25) is 9.59 Å². The van der Waals surface area contributed by atoms with E-state index >= 15 is 0 Å². The number of aromatic nitrogens is 1. The molecule has 1 fully saturated rings. The van der Waals surface area contributed by atoms with Crippen LogP contribution in [0.4, 0.5) is 0 Å². The number of hydrogen-bond acceptors (Lipinski definition) is 4. The zero-order chi connectivity index (χ0) is 20.6. The van der Waals surface area contributed by atoms with Crippen LogP contribution in [-0.2, 0) is 23.1 Å². The quantitative estimate of drug-likeness (QED) is 0.625. The molecular formula is C23H21N3O4. The molecule has 3 aromatic rings. The molecule has 0 aliphatic carbocycles. The van der Waals surface area contributed by atoms with E-state index in [2.05, 4.69) is 16.7 Å². The molecule has 7 nitrogen and oxygen atoms in total. The highest BCUT2D eigenvalue weighted by molar-refractivity contribution is 5.97. The number of benzene rings is 2. The van der Waals surface area contributed by atoms with Crippen LogP contribution >= 0.6 is 0 Å². The first-order valence-corrected chi connectivity index (χ1v) is 10.1. The molecule has 30 heavy (non-hydrogen) atoms.